The van der Waals surface area contributed by atoms with Gasteiger partial charge in [-0.2, -0.15) is 0 Å². The number of hydrogen-bond donors (Lipinski definition) is 1. The molecule has 1 aliphatic rings. The van der Waals surface area contributed by atoms with Gasteiger partial charge >= 0.3 is 0 Å². The minimum atomic E-state index is 0.186. The lowest BCUT2D eigenvalue weighted by atomic mass is 10.1. The molecule has 2 aromatic rings. The summed E-state index contributed by atoms with van der Waals surface area (Å²) in [7, 11) is 0. The Balaban J connectivity index is 1.56. The summed E-state index contributed by atoms with van der Waals surface area (Å²) in [6.45, 7) is 5.13. The zero-order valence-electron chi connectivity index (χ0n) is 12.4. The minimum absolute atomic E-state index is 0.186. The van der Waals surface area contributed by atoms with Crippen LogP contribution in [0, 0.1) is 6.92 Å². The molecule has 3 rings (SSSR count). The summed E-state index contributed by atoms with van der Waals surface area (Å²) in [5.74, 6) is 0.967. The molecule has 0 saturated heterocycles. The van der Waals surface area contributed by atoms with Gasteiger partial charge < -0.3 is 10.1 Å². The first kappa shape index (κ1) is 14.4. The largest absolute Gasteiger partial charge is 0.488 e. The fourth-order valence-corrected chi connectivity index (χ4v) is 2.88. The van der Waals surface area contributed by atoms with Gasteiger partial charge in [0.25, 0.3) is 0 Å². The first-order chi connectivity index (χ1) is 10.1. The van der Waals surface area contributed by atoms with Crippen molar-refractivity contribution in [1.82, 2.24) is 5.32 Å². The Morgan fingerprint density at radius 1 is 1.24 bits per heavy atom. The molecule has 2 aromatic carbocycles. The maximum absolute atomic E-state index is 6.02. The standard InChI is InChI=1S/C18H20ClNO/c1-12-3-5-14(6-4-12)13(2)20-11-17-10-15-9-16(19)7-8-18(15)21-17/h3-9,13,17,20H,10-11H2,1-2H3/t13-,17?/m1/s1. The van der Waals surface area contributed by atoms with Crippen LogP contribution < -0.4 is 10.1 Å². The lowest BCUT2D eigenvalue weighted by Gasteiger charge is -2.18. The second-order valence-corrected chi connectivity index (χ2v) is 6.17. The molecule has 0 aromatic heterocycles. The molecule has 3 heteroatoms. The summed E-state index contributed by atoms with van der Waals surface area (Å²) in [6.07, 6.45) is 1.11. The number of halogens is 1. The van der Waals surface area contributed by atoms with E-state index in [2.05, 4.69) is 43.4 Å². The van der Waals surface area contributed by atoms with Crippen molar-refractivity contribution < 1.29 is 4.74 Å². The van der Waals surface area contributed by atoms with Gasteiger partial charge in [-0.3, -0.25) is 0 Å². The molecule has 1 N–H and O–H groups in total. The number of ether oxygens (including phenoxy) is 1. The first-order valence-electron chi connectivity index (χ1n) is 7.37. The van der Waals surface area contributed by atoms with Crippen LogP contribution in [0.4, 0.5) is 0 Å². The summed E-state index contributed by atoms with van der Waals surface area (Å²) >= 11 is 6.02. The number of benzene rings is 2. The second-order valence-electron chi connectivity index (χ2n) is 5.74. The highest BCUT2D eigenvalue weighted by atomic mass is 35.5. The van der Waals surface area contributed by atoms with Gasteiger partial charge in [-0.15, -0.1) is 0 Å². The third-order valence-electron chi connectivity index (χ3n) is 3.99. The molecule has 1 unspecified atom stereocenters. The number of nitrogens with one attached hydrogen (secondary N) is 1. The topological polar surface area (TPSA) is 21.3 Å². The molecule has 2 atom stereocenters. The zero-order chi connectivity index (χ0) is 14.8. The van der Waals surface area contributed by atoms with E-state index in [1.807, 2.05) is 18.2 Å². The number of aryl methyl sites for hydroxylation is 1. The third-order valence-corrected chi connectivity index (χ3v) is 4.23. The monoisotopic (exact) mass is 301 g/mol. The van der Waals surface area contributed by atoms with Crippen molar-refractivity contribution in [3.63, 3.8) is 0 Å². The Morgan fingerprint density at radius 2 is 2.00 bits per heavy atom. The Labute approximate surface area is 131 Å². The smallest absolute Gasteiger partial charge is 0.123 e. The lowest BCUT2D eigenvalue weighted by Crippen LogP contribution is -2.31. The Morgan fingerprint density at radius 3 is 2.76 bits per heavy atom. The van der Waals surface area contributed by atoms with Gasteiger partial charge in [0.2, 0.25) is 0 Å². The van der Waals surface area contributed by atoms with Crippen LogP contribution in [0.15, 0.2) is 42.5 Å². The number of hydrogen-bond acceptors (Lipinski definition) is 2. The van der Waals surface area contributed by atoms with Crippen molar-refractivity contribution in [3.05, 3.63) is 64.2 Å². The molecule has 0 aliphatic carbocycles. The maximum Gasteiger partial charge on any atom is 0.123 e. The van der Waals surface area contributed by atoms with Crippen LogP contribution in [0.1, 0.15) is 29.7 Å². The van der Waals surface area contributed by atoms with Gasteiger partial charge in [-0.1, -0.05) is 41.4 Å². The van der Waals surface area contributed by atoms with Crippen molar-refractivity contribution in [2.24, 2.45) is 0 Å². The quantitative estimate of drug-likeness (QED) is 0.909. The van der Waals surface area contributed by atoms with E-state index in [4.69, 9.17) is 16.3 Å². The molecule has 0 bridgehead atoms. The van der Waals surface area contributed by atoms with Crippen molar-refractivity contribution >= 4 is 11.6 Å². The Bertz CT molecular complexity index is 624. The summed E-state index contributed by atoms with van der Waals surface area (Å²) in [6, 6.07) is 14.8. The molecule has 0 spiro atoms. The molecule has 0 fully saturated rings. The Hall–Kier alpha value is -1.51. The normalized spacial score (nSPS) is 18.1. The van der Waals surface area contributed by atoms with E-state index in [1.54, 1.807) is 0 Å². The minimum Gasteiger partial charge on any atom is -0.488 e. The highest BCUT2D eigenvalue weighted by Crippen LogP contribution is 2.31. The van der Waals surface area contributed by atoms with Gasteiger partial charge in [-0.05, 0) is 43.2 Å². The molecule has 2 nitrogen and oxygen atoms in total. The van der Waals surface area contributed by atoms with Gasteiger partial charge in [0.05, 0.1) is 0 Å². The molecular formula is C18H20ClNO. The highest BCUT2D eigenvalue weighted by Gasteiger charge is 2.23. The van der Waals surface area contributed by atoms with Crippen LogP contribution in [0.3, 0.4) is 0 Å². The summed E-state index contributed by atoms with van der Waals surface area (Å²) in [5, 5.41) is 4.33. The van der Waals surface area contributed by atoms with E-state index in [0.29, 0.717) is 6.04 Å². The van der Waals surface area contributed by atoms with Crippen LogP contribution in [-0.4, -0.2) is 12.6 Å². The van der Waals surface area contributed by atoms with E-state index >= 15 is 0 Å². The molecule has 1 heterocycles. The van der Waals surface area contributed by atoms with Crippen LogP contribution in [-0.2, 0) is 6.42 Å². The van der Waals surface area contributed by atoms with Crippen LogP contribution in [0.25, 0.3) is 0 Å². The second kappa shape index (κ2) is 6.08. The van der Waals surface area contributed by atoms with Crippen molar-refractivity contribution in [1.29, 1.82) is 0 Å². The third kappa shape index (κ3) is 3.39. The SMILES string of the molecule is Cc1ccc([C@@H](C)NCC2Cc3cc(Cl)ccc3O2)cc1. The van der Waals surface area contributed by atoms with Crippen molar-refractivity contribution in [2.75, 3.05) is 6.54 Å². The molecule has 1 aliphatic heterocycles. The molecule has 0 amide bonds. The lowest BCUT2D eigenvalue weighted by molar-refractivity contribution is 0.222. The number of fused-ring (bicyclic) bond motifs is 1. The molecule has 21 heavy (non-hydrogen) atoms. The van der Waals surface area contributed by atoms with Gasteiger partial charge in [0, 0.05) is 24.0 Å². The van der Waals surface area contributed by atoms with E-state index in [1.165, 1.54) is 16.7 Å². The summed E-state index contributed by atoms with van der Waals surface area (Å²) in [5.41, 5.74) is 3.80. The van der Waals surface area contributed by atoms with Crippen LogP contribution >= 0.6 is 11.6 Å². The van der Waals surface area contributed by atoms with Crippen molar-refractivity contribution in [3.8, 4) is 5.75 Å². The van der Waals surface area contributed by atoms with E-state index in [0.717, 1.165) is 23.7 Å². The van der Waals surface area contributed by atoms with Gasteiger partial charge in [0.15, 0.2) is 0 Å². The fraction of sp³-hybridized carbons (Fsp3) is 0.333. The average Bonchev–Trinajstić information content (AvgIpc) is 2.87. The van der Waals surface area contributed by atoms with E-state index in [9.17, 15) is 0 Å². The Kier molecular flexibility index (Phi) is 4.18. The summed E-state index contributed by atoms with van der Waals surface area (Å²) < 4.78 is 5.95. The molecule has 110 valence electrons. The predicted molar refractivity (Wildman–Crippen MR) is 87.2 cm³/mol. The van der Waals surface area contributed by atoms with E-state index in [-0.39, 0.29) is 6.10 Å². The average molecular weight is 302 g/mol. The number of rotatable bonds is 4. The molecule has 0 saturated carbocycles. The molecular weight excluding hydrogens is 282 g/mol. The maximum atomic E-state index is 6.02. The predicted octanol–water partition coefficient (Wildman–Crippen LogP) is 4.30. The summed E-state index contributed by atoms with van der Waals surface area (Å²) in [4.78, 5) is 0. The first-order valence-corrected chi connectivity index (χ1v) is 7.74. The highest BCUT2D eigenvalue weighted by molar-refractivity contribution is 6.30. The van der Waals surface area contributed by atoms with Crippen molar-refractivity contribution in [2.45, 2.75) is 32.4 Å². The van der Waals surface area contributed by atoms with Crippen LogP contribution in [0.2, 0.25) is 5.02 Å². The zero-order valence-corrected chi connectivity index (χ0v) is 13.2. The van der Waals surface area contributed by atoms with Crippen LogP contribution in [0.5, 0.6) is 5.75 Å². The molecule has 0 radical (unpaired) electrons. The fourth-order valence-electron chi connectivity index (χ4n) is 2.68. The van der Waals surface area contributed by atoms with Gasteiger partial charge in [-0.25, -0.2) is 0 Å². The van der Waals surface area contributed by atoms with Gasteiger partial charge in [0.1, 0.15) is 11.9 Å². The van der Waals surface area contributed by atoms with E-state index < -0.39 is 0 Å².